The highest BCUT2D eigenvalue weighted by molar-refractivity contribution is 5.94. The lowest BCUT2D eigenvalue weighted by Crippen LogP contribution is -2.56. The number of esters is 2. The molecule has 6 atom stereocenters. The van der Waals surface area contributed by atoms with Gasteiger partial charge in [-0.3, -0.25) is 4.79 Å². The second-order valence-corrected chi connectivity index (χ2v) is 7.68. The van der Waals surface area contributed by atoms with E-state index in [0.717, 1.165) is 24.0 Å². The molecule has 0 unspecified atom stereocenters. The van der Waals surface area contributed by atoms with Crippen LogP contribution in [-0.4, -0.2) is 29.3 Å². The summed E-state index contributed by atoms with van der Waals surface area (Å²) < 4.78 is 16.3. The van der Waals surface area contributed by atoms with Gasteiger partial charge in [0.05, 0.1) is 24.0 Å². The summed E-state index contributed by atoms with van der Waals surface area (Å²) in [6.07, 6.45) is 4.11. The highest BCUT2D eigenvalue weighted by Gasteiger charge is 2.67. The van der Waals surface area contributed by atoms with Crippen LogP contribution in [0, 0.1) is 17.3 Å². The van der Waals surface area contributed by atoms with Crippen LogP contribution in [0.4, 0.5) is 0 Å². The molecule has 0 aromatic carbocycles. The van der Waals surface area contributed by atoms with Crippen molar-refractivity contribution in [3.05, 3.63) is 35.3 Å². The van der Waals surface area contributed by atoms with Gasteiger partial charge < -0.3 is 19.0 Å². The topological polar surface area (TPSA) is 86.0 Å². The predicted molar refractivity (Wildman–Crippen MR) is 84.0 cm³/mol. The molecule has 0 bridgehead atoms. The van der Waals surface area contributed by atoms with E-state index in [1.807, 2.05) is 6.92 Å². The van der Waals surface area contributed by atoms with Gasteiger partial charge in [0.25, 0.3) is 0 Å². The number of aliphatic hydroxyl groups is 1. The Balaban J connectivity index is 1.63. The van der Waals surface area contributed by atoms with Crippen LogP contribution >= 0.6 is 0 Å². The van der Waals surface area contributed by atoms with Gasteiger partial charge >= 0.3 is 11.9 Å². The molecule has 2 aliphatic carbocycles. The minimum atomic E-state index is -0.888. The third-order valence-electron chi connectivity index (χ3n) is 6.75. The Labute approximate surface area is 144 Å². The van der Waals surface area contributed by atoms with Crippen molar-refractivity contribution in [3.8, 4) is 0 Å². The maximum absolute atomic E-state index is 13.1. The van der Waals surface area contributed by atoms with Crippen molar-refractivity contribution >= 4 is 11.9 Å². The van der Waals surface area contributed by atoms with E-state index in [1.54, 1.807) is 18.6 Å². The first-order valence-electron chi connectivity index (χ1n) is 8.89. The van der Waals surface area contributed by atoms with E-state index in [0.29, 0.717) is 18.4 Å². The minimum absolute atomic E-state index is 0.101. The summed E-state index contributed by atoms with van der Waals surface area (Å²) in [5, 5.41) is 10.8. The molecule has 0 radical (unpaired) electrons. The second-order valence-electron chi connectivity index (χ2n) is 7.68. The molecule has 6 nitrogen and oxygen atoms in total. The van der Waals surface area contributed by atoms with Crippen molar-refractivity contribution in [2.75, 3.05) is 0 Å². The molecule has 1 saturated heterocycles. The molecule has 3 heterocycles. The van der Waals surface area contributed by atoms with E-state index < -0.39 is 17.6 Å². The average molecular weight is 344 g/mol. The summed E-state index contributed by atoms with van der Waals surface area (Å²) in [4.78, 5) is 25.3. The minimum Gasteiger partial charge on any atom is -0.472 e. The highest BCUT2D eigenvalue weighted by atomic mass is 16.6. The molecular weight excluding hydrogens is 324 g/mol. The molecule has 1 saturated carbocycles. The maximum atomic E-state index is 13.1. The molecule has 1 N–H and O–H groups in total. The standard InChI is InChI=1S/C19H20O6/c1-9-15(20)16-14-11(17(21)25-16)3-2-4-12(14)19(9)7-13(24-18(19)22)10-5-6-23-8-10/h5-6,8-9,12-13,15-16,20H,2-4,7H2,1H3/t9-,12+,13-,15+,16-,19+/m1/s1. The van der Waals surface area contributed by atoms with Gasteiger partial charge in [-0.05, 0) is 30.9 Å². The average Bonchev–Trinajstić information content (AvgIpc) is 3.31. The first kappa shape index (κ1) is 15.2. The number of rotatable bonds is 1. The van der Waals surface area contributed by atoms with Gasteiger partial charge in [-0.2, -0.15) is 0 Å². The molecule has 2 fully saturated rings. The molecule has 1 aromatic heterocycles. The van der Waals surface area contributed by atoms with E-state index in [2.05, 4.69) is 0 Å². The van der Waals surface area contributed by atoms with Gasteiger partial charge in [-0.15, -0.1) is 0 Å². The number of ether oxygens (including phenoxy) is 2. The SMILES string of the molecule is C[C@@H]1[C@H](O)[C@@H]2OC(=O)C3=C2[C@H](CCC3)[C@]12C[C@H](c1ccoc1)OC2=O. The van der Waals surface area contributed by atoms with Gasteiger partial charge in [0.1, 0.15) is 6.10 Å². The van der Waals surface area contributed by atoms with Crippen molar-refractivity contribution in [1.29, 1.82) is 0 Å². The first-order valence-corrected chi connectivity index (χ1v) is 8.89. The number of aliphatic hydroxyl groups excluding tert-OH is 1. The lowest BCUT2D eigenvalue weighted by molar-refractivity contribution is -0.166. The Kier molecular flexibility index (Phi) is 3.02. The molecule has 25 heavy (non-hydrogen) atoms. The van der Waals surface area contributed by atoms with Crippen LogP contribution < -0.4 is 0 Å². The summed E-state index contributed by atoms with van der Waals surface area (Å²) in [6, 6.07) is 1.80. The quantitative estimate of drug-likeness (QED) is 0.787. The summed E-state index contributed by atoms with van der Waals surface area (Å²) in [5.41, 5.74) is 1.54. The lowest BCUT2D eigenvalue weighted by Gasteiger charge is -2.49. The normalized spacial score (nSPS) is 42.6. The van der Waals surface area contributed by atoms with Crippen molar-refractivity contribution in [1.82, 2.24) is 0 Å². The van der Waals surface area contributed by atoms with Crippen LogP contribution in [-0.2, 0) is 19.1 Å². The number of hydrogen-bond donors (Lipinski definition) is 1. The zero-order chi connectivity index (χ0) is 17.3. The van der Waals surface area contributed by atoms with Gasteiger partial charge in [0, 0.05) is 29.4 Å². The fourth-order valence-corrected chi connectivity index (χ4v) is 5.48. The molecule has 4 aliphatic rings. The zero-order valence-electron chi connectivity index (χ0n) is 13.9. The van der Waals surface area contributed by atoms with Crippen LogP contribution in [0.2, 0.25) is 0 Å². The first-order chi connectivity index (χ1) is 12.0. The highest BCUT2D eigenvalue weighted by Crippen LogP contribution is 2.62. The molecule has 1 aromatic rings. The summed E-state index contributed by atoms with van der Waals surface area (Å²) in [6.45, 7) is 1.88. The van der Waals surface area contributed by atoms with Crippen LogP contribution in [0.1, 0.15) is 44.3 Å². The Hall–Kier alpha value is -2.08. The summed E-state index contributed by atoms with van der Waals surface area (Å²) >= 11 is 0. The van der Waals surface area contributed by atoms with Crippen molar-refractivity contribution < 1.29 is 28.6 Å². The monoisotopic (exact) mass is 344 g/mol. The number of carbonyl (C=O) groups is 2. The Morgan fingerprint density at radius 2 is 2.12 bits per heavy atom. The molecule has 132 valence electrons. The van der Waals surface area contributed by atoms with Crippen LogP contribution in [0.25, 0.3) is 0 Å². The smallest absolute Gasteiger partial charge is 0.334 e. The maximum Gasteiger partial charge on any atom is 0.334 e. The van der Waals surface area contributed by atoms with Gasteiger partial charge in [-0.25, -0.2) is 4.79 Å². The van der Waals surface area contributed by atoms with Crippen molar-refractivity contribution in [2.24, 2.45) is 17.3 Å². The fraction of sp³-hybridized carbons (Fsp3) is 0.579. The summed E-state index contributed by atoms with van der Waals surface area (Å²) in [5.74, 6) is -1.05. The zero-order valence-corrected chi connectivity index (χ0v) is 13.9. The number of fused-ring (bicyclic) bond motifs is 1. The largest absolute Gasteiger partial charge is 0.472 e. The molecule has 2 aliphatic heterocycles. The van der Waals surface area contributed by atoms with Gasteiger partial charge in [0.15, 0.2) is 6.10 Å². The van der Waals surface area contributed by atoms with E-state index in [1.165, 1.54) is 0 Å². The van der Waals surface area contributed by atoms with Crippen molar-refractivity contribution in [3.63, 3.8) is 0 Å². The van der Waals surface area contributed by atoms with Gasteiger partial charge in [-0.1, -0.05) is 6.92 Å². The van der Waals surface area contributed by atoms with Crippen LogP contribution in [0.3, 0.4) is 0 Å². The van der Waals surface area contributed by atoms with Crippen molar-refractivity contribution in [2.45, 2.75) is 50.9 Å². The number of hydrogen-bond acceptors (Lipinski definition) is 6. The molecule has 5 rings (SSSR count). The molecule has 6 heteroatoms. The fourth-order valence-electron chi connectivity index (χ4n) is 5.48. The number of cyclic esters (lactones) is 1. The Morgan fingerprint density at radius 1 is 1.28 bits per heavy atom. The molecule has 0 amide bonds. The number of furan rings is 1. The predicted octanol–water partition coefficient (Wildman–Crippen LogP) is 2.29. The van der Waals surface area contributed by atoms with E-state index >= 15 is 0 Å². The Bertz CT molecular complexity index is 778. The molecular formula is C19H20O6. The van der Waals surface area contributed by atoms with E-state index in [4.69, 9.17) is 13.9 Å². The molecule has 1 spiro atoms. The lowest BCUT2D eigenvalue weighted by atomic mass is 9.53. The summed E-state index contributed by atoms with van der Waals surface area (Å²) in [7, 11) is 0. The van der Waals surface area contributed by atoms with Gasteiger partial charge in [0.2, 0.25) is 0 Å². The third kappa shape index (κ3) is 1.78. The third-order valence-corrected chi connectivity index (χ3v) is 6.75. The van der Waals surface area contributed by atoms with Crippen LogP contribution in [0.15, 0.2) is 34.2 Å². The van der Waals surface area contributed by atoms with Crippen LogP contribution in [0.5, 0.6) is 0 Å². The number of carbonyl (C=O) groups excluding carboxylic acids is 2. The van der Waals surface area contributed by atoms with E-state index in [-0.39, 0.29) is 29.9 Å². The van der Waals surface area contributed by atoms with E-state index in [9.17, 15) is 14.7 Å². The second kappa shape index (κ2) is 4.97. The Morgan fingerprint density at radius 3 is 2.88 bits per heavy atom.